The third-order valence-electron chi connectivity index (χ3n) is 6.68. The molecular weight excluding hydrogens is 488 g/mol. The van der Waals surface area contributed by atoms with Gasteiger partial charge in [0.1, 0.15) is 34.4 Å². The highest BCUT2D eigenvalue weighted by atomic mass is 32.2. The summed E-state index contributed by atoms with van der Waals surface area (Å²) in [7, 11) is 0. The van der Waals surface area contributed by atoms with Gasteiger partial charge in [-0.15, -0.1) is 0 Å². The number of phenolic OH excluding ortho intramolecular Hbond substituents is 1. The molecular formula is C30H40O6S. The minimum absolute atomic E-state index is 0.0695. The van der Waals surface area contributed by atoms with Crippen LogP contribution in [0.5, 0.6) is 11.5 Å². The summed E-state index contributed by atoms with van der Waals surface area (Å²) in [4.78, 5) is 14.4. The van der Waals surface area contributed by atoms with Gasteiger partial charge in [-0.2, -0.15) is 0 Å². The summed E-state index contributed by atoms with van der Waals surface area (Å²) in [5.41, 5.74) is 1.92. The van der Waals surface area contributed by atoms with Gasteiger partial charge in [-0.3, -0.25) is 0 Å². The Labute approximate surface area is 224 Å². The van der Waals surface area contributed by atoms with Gasteiger partial charge in [0.05, 0.1) is 6.61 Å². The highest BCUT2D eigenvalue weighted by Gasteiger charge is 2.42. The molecule has 1 aliphatic rings. The summed E-state index contributed by atoms with van der Waals surface area (Å²) in [6.45, 7) is 10.4. The van der Waals surface area contributed by atoms with Crippen molar-refractivity contribution in [3.63, 3.8) is 0 Å². The molecule has 1 heterocycles. The average molecular weight is 529 g/mol. The van der Waals surface area contributed by atoms with Crippen molar-refractivity contribution >= 4 is 17.7 Å². The molecule has 0 radical (unpaired) electrons. The van der Waals surface area contributed by atoms with Crippen LogP contribution in [0.4, 0.5) is 0 Å². The van der Waals surface area contributed by atoms with E-state index in [-0.39, 0.29) is 41.5 Å². The lowest BCUT2D eigenvalue weighted by molar-refractivity contribution is -0.159. The van der Waals surface area contributed by atoms with Crippen molar-refractivity contribution in [3.8, 4) is 11.5 Å². The first-order valence-corrected chi connectivity index (χ1v) is 13.8. The van der Waals surface area contributed by atoms with Crippen LogP contribution < -0.4 is 4.74 Å². The molecule has 0 bridgehead atoms. The smallest absolute Gasteiger partial charge is 0.349 e. The highest BCUT2D eigenvalue weighted by molar-refractivity contribution is 8.04. The molecule has 2 aromatic carbocycles. The zero-order chi connectivity index (χ0) is 27.2. The fourth-order valence-corrected chi connectivity index (χ4v) is 5.82. The van der Waals surface area contributed by atoms with Gasteiger partial charge in [-0.05, 0) is 79.0 Å². The molecule has 0 aromatic heterocycles. The van der Waals surface area contributed by atoms with E-state index in [0.29, 0.717) is 25.0 Å². The number of carbonyl (C=O) groups is 1. The van der Waals surface area contributed by atoms with E-state index in [1.165, 1.54) is 11.8 Å². The van der Waals surface area contributed by atoms with Gasteiger partial charge >= 0.3 is 5.97 Å². The predicted octanol–water partition coefficient (Wildman–Crippen LogP) is 6.74. The van der Waals surface area contributed by atoms with Crippen LogP contribution in [0.15, 0.2) is 52.0 Å². The predicted molar refractivity (Wildman–Crippen MR) is 147 cm³/mol. The normalized spacial score (nSPS) is 18.2. The van der Waals surface area contributed by atoms with Crippen LogP contribution in [-0.2, 0) is 21.4 Å². The van der Waals surface area contributed by atoms with E-state index < -0.39 is 11.6 Å². The van der Waals surface area contributed by atoms with Gasteiger partial charge in [-0.1, -0.05) is 58.0 Å². The zero-order valence-electron chi connectivity index (χ0n) is 22.6. The molecule has 1 atom stereocenters. The number of thioether (sulfide) groups is 1. The van der Waals surface area contributed by atoms with Gasteiger partial charge < -0.3 is 24.8 Å². The molecule has 0 saturated carbocycles. The monoisotopic (exact) mass is 528 g/mol. The summed E-state index contributed by atoms with van der Waals surface area (Å²) >= 11 is 1.24. The van der Waals surface area contributed by atoms with Gasteiger partial charge in [0.15, 0.2) is 0 Å². The van der Waals surface area contributed by atoms with Crippen LogP contribution in [0, 0.1) is 6.92 Å². The second-order valence-corrected chi connectivity index (χ2v) is 11.9. The summed E-state index contributed by atoms with van der Waals surface area (Å²) in [6, 6.07) is 11.0. The Bertz CT molecular complexity index is 1120. The van der Waals surface area contributed by atoms with Gasteiger partial charge in [0.25, 0.3) is 0 Å². The first-order chi connectivity index (χ1) is 17.5. The fraction of sp³-hybridized carbons (Fsp3) is 0.500. The summed E-state index contributed by atoms with van der Waals surface area (Å²) in [5, 5.41) is 29.9. The molecule has 3 rings (SSSR count). The second-order valence-electron chi connectivity index (χ2n) is 10.8. The van der Waals surface area contributed by atoms with Crippen molar-refractivity contribution < 1.29 is 29.6 Å². The maximum absolute atomic E-state index is 13.4. The standard InChI is InChI=1S/C30H40O6S/c1-6-7-13-30(14-12-21-8-10-22(32)11-9-21)19-24(33)27(28(34)36-30)37-26-17-20(2)25(35-16-15-31)18-23(26)29(3,4)5/h8-11,17-18,31-33H,6-7,12-16,19H2,1-5H3. The summed E-state index contributed by atoms with van der Waals surface area (Å²) in [6.07, 6.45) is 4.08. The lowest BCUT2D eigenvalue weighted by Gasteiger charge is -2.37. The number of cyclic esters (lactones) is 1. The lowest BCUT2D eigenvalue weighted by Crippen LogP contribution is -2.40. The number of carbonyl (C=O) groups excluding carboxylic acids is 1. The summed E-state index contributed by atoms with van der Waals surface area (Å²) < 4.78 is 11.8. The van der Waals surface area contributed by atoms with Crippen LogP contribution in [0.1, 0.15) is 76.5 Å². The van der Waals surface area contributed by atoms with E-state index in [4.69, 9.17) is 14.6 Å². The number of phenols is 1. The maximum atomic E-state index is 13.4. The Hall–Kier alpha value is -2.64. The fourth-order valence-electron chi connectivity index (χ4n) is 4.57. The zero-order valence-corrected chi connectivity index (χ0v) is 23.4. The van der Waals surface area contributed by atoms with Crippen molar-refractivity contribution in [2.24, 2.45) is 0 Å². The molecule has 202 valence electrons. The molecule has 0 aliphatic carbocycles. The van der Waals surface area contributed by atoms with E-state index in [0.717, 1.165) is 34.4 Å². The van der Waals surface area contributed by atoms with Gasteiger partial charge in [0, 0.05) is 11.3 Å². The molecule has 3 N–H and O–H groups in total. The Morgan fingerprint density at radius 2 is 1.81 bits per heavy atom. The third kappa shape index (κ3) is 7.45. The molecule has 2 aromatic rings. The third-order valence-corrected chi connectivity index (χ3v) is 7.85. The Morgan fingerprint density at radius 1 is 1.11 bits per heavy atom. The number of aliphatic hydroxyl groups excluding tert-OH is 2. The quantitative estimate of drug-likeness (QED) is 0.278. The number of benzene rings is 2. The van der Waals surface area contributed by atoms with E-state index in [2.05, 4.69) is 27.7 Å². The van der Waals surface area contributed by atoms with Crippen molar-refractivity contribution in [2.75, 3.05) is 13.2 Å². The molecule has 7 heteroatoms. The highest BCUT2D eigenvalue weighted by Crippen LogP contribution is 2.45. The van der Waals surface area contributed by atoms with Crippen LogP contribution in [0.2, 0.25) is 0 Å². The van der Waals surface area contributed by atoms with Gasteiger partial charge in [0.2, 0.25) is 0 Å². The number of aliphatic hydroxyl groups is 2. The first-order valence-electron chi connectivity index (χ1n) is 13.0. The number of rotatable bonds is 11. The maximum Gasteiger partial charge on any atom is 0.349 e. The number of unbranched alkanes of at least 4 members (excludes halogenated alkanes) is 1. The van der Waals surface area contributed by atoms with Gasteiger partial charge in [-0.25, -0.2) is 4.79 Å². The first kappa shape index (κ1) is 28.9. The van der Waals surface area contributed by atoms with Crippen molar-refractivity contribution in [3.05, 3.63) is 63.8 Å². The Kier molecular flexibility index (Phi) is 9.59. The van der Waals surface area contributed by atoms with Crippen molar-refractivity contribution in [1.29, 1.82) is 0 Å². The molecule has 0 spiro atoms. The van der Waals surface area contributed by atoms with Crippen LogP contribution in [0.3, 0.4) is 0 Å². The number of hydrogen-bond acceptors (Lipinski definition) is 7. The molecule has 1 aliphatic heterocycles. The number of hydrogen-bond donors (Lipinski definition) is 3. The summed E-state index contributed by atoms with van der Waals surface area (Å²) in [5.74, 6) is 0.490. The number of aryl methyl sites for hydroxylation is 2. The van der Waals surface area contributed by atoms with E-state index in [1.54, 1.807) is 12.1 Å². The minimum atomic E-state index is -0.760. The molecule has 0 fully saturated rings. The average Bonchev–Trinajstić information content (AvgIpc) is 2.83. The number of aromatic hydroxyl groups is 1. The topological polar surface area (TPSA) is 96.2 Å². The molecule has 6 nitrogen and oxygen atoms in total. The number of ether oxygens (including phenoxy) is 2. The van der Waals surface area contributed by atoms with Crippen molar-refractivity contribution in [1.82, 2.24) is 0 Å². The molecule has 0 amide bonds. The number of esters is 1. The largest absolute Gasteiger partial charge is 0.511 e. The SMILES string of the molecule is CCCCC1(CCc2ccc(O)cc2)CC(O)=C(Sc2cc(C)c(OCCO)cc2C(C)(C)C)C(=O)O1. The lowest BCUT2D eigenvalue weighted by atomic mass is 9.84. The Morgan fingerprint density at radius 3 is 2.41 bits per heavy atom. The minimum Gasteiger partial charge on any atom is -0.511 e. The molecule has 1 unspecified atom stereocenters. The van der Waals surface area contributed by atoms with Crippen LogP contribution in [0.25, 0.3) is 0 Å². The second kappa shape index (κ2) is 12.3. The van der Waals surface area contributed by atoms with E-state index in [9.17, 15) is 15.0 Å². The van der Waals surface area contributed by atoms with Crippen molar-refractivity contribution in [2.45, 2.75) is 89.1 Å². The molecule has 37 heavy (non-hydrogen) atoms. The van der Waals surface area contributed by atoms with Crippen LogP contribution in [-0.4, -0.2) is 40.1 Å². The van der Waals surface area contributed by atoms with E-state index in [1.807, 2.05) is 31.2 Å². The van der Waals surface area contributed by atoms with E-state index >= 15 is 0 Å². The van der Waals surface area contributed by atoms with Crippen LogP contribution >= 0.6 is 11.8 Å². The Balaban J connectivity index is 1.89. The molecule has 0 saturated heterocycles.